The molecule has 0 spiro atoms. The molecule has 1 aliphatic rings. The maximum absolute atomic E-state index is 13.2. The van der Waals surface area contributed by atoms with Crippen molar-refractivity contribution < 1.29 is 19.1 Å². The van der Waals surface area contributed by atoms with Crippen molar-refractivity contribution >= 4 is 41.1 Å². The lowest BCUT2D eigenvalue weighted by Crippen LogP contribution is -2.28. The summed E-state index contributed by atoms with van der Waals surface area (Å²) in [6.45, 7) is 2.03. The zero-order valence-electron chi connectivity index (χ0n) is 23.7. The number of nitrogens with one attached hydrogen (secondary N) is 3. The summed E-state index contributed by atoms with van der Waals surface area (Å²) in [5.41, 5.74) is 4.00. The summed E-state index contributed by atoms with van der Waals surface area (Å²) in [5, 5.41) is 17.9. The molecule has 3 N–H and O–H groups in total. The number of imidazole rings is 1. The number of hydrogen-bond donors (Lipinski definition) is 3. The minimum atomic E-state index is -0.400. The highest BCUT2D eigenvalue weighted by molar-refractivity contribution is 6.30. The number of hydrogen-bond acceptors (Lipinski definition) is 8. The number of nitrogens with zero attached hydrogens (tertiary/aromatic N) is 5. The fourth-order valence-electron chi connectivity index (χ4n) is 5.02. The van der Waals surface area contributed by atoms with E-state index in [0.29, 0.717) is 57.4 Å². The van der Waals surface area contributed by atoms with Crippen molar-refractivity contribution in [1.82, 2.24) is 35.5 Å². The van der Waals surface area contributed by atoms with Gasteiger partial charge < -0.3 is 20.4 Å². The van der Waals surface area contributed by atoms with Crippen LogP contribution in [0.4, 0.5) is 5.69 Å². The molecule has 0 radical (unpaired) electrons. The van der Waals surface area contributed by atoms with E-state index in [-0.39, 0.29) is 30.1 Å². The molecule has 4 aromatic rings. The van der Waals surface area contributed by atoms with Gasteiger partial charge in [0.05, 0.1) is 42.8 Å². The maximum Gasteiger partial charge on any atom is 0.309 e. The second kappa shape index (κ2) is 13.4. The van der Waals surface area contributed by atoms with Gasteiger partial charge in [-0.3, -0.25) is 14.4 Å². The predicted octanol–water partition coefficient (Wildman–Crippen LogP) is 4.44. The van der Waals surface area contributed by atoms with Gasteiger partial charge in [-0.05, 0) is 58.7 Å². The van der Waals surface area contributed by atoms with E-state index < -0.39 is 6.04 Å². The number of methoxy groups -OCH3 is 1. The number of tetrazole rings is 1. The lowest BCUT2D eigenvalue weighted by Gasteiger charge is -2.17. The highest BCUT2D eigenvalue weighted by Crippen LogP contribution is 2.31. The Kier molecular flexibility index (Phi) is 9.26. The molecule has 2 amide bonds. The molecule has 12 nitrogen and oxygen atoms in total. The van der Waals surface area contributed by atoms with Gasteiger partial charge in [0.25, 0.3) is 0 Å². The molecule has 3 heterocycles. The molecule has 13 heteroatoms. The van der Waals surface area contributed by atoms with Gasteiger partial charge in [0.2, 0.25) is 11.8 Å². The van der Waals surface area contributed by atoms with Gasteiger partial charge in [-0.2, -0.15) is 4.68 Å². The number of halogens is 1. The first-order chi connectivity index (χ1) is 20.8. The average Bonchev–Trinajstić information content (AvgIpc) is 3.68. The number of aromatic amines is 1. The number of rotatable bonds is 6. The van der Waals surface area contributed by atoms with E-state index >= 15 is 0 Å². The average molecular weight is 603 g/mol. The van der Waals surface area contributed by atoms with Crippen molar-refractivity contribution in [1.29, 1.82) is 0 Å². The summed E-state index contributed by atoms with van der Waals surface area (Å²) >= 11 is 6.21. The summed E-state index contributed by atoms with van der Waals surface area (Å²) in [6.07, 6.45) is 8.84. The number of aromatic nitrogens is 6. The molecule has 2 aromatic carbocycles. The minimum Gasteiger partial charge on any atom is -0.469 e. The van der Waals surface area contributed by atoms with Gasteiger partial charge in [-0.1, -0.05) is 43.5 Å². The van der Waals surface area contributed by atoms with Crippen LogP contribution in [0, 0.1) is 5.92 Å². The first-order valence-electron chi connectivity index (χ1n) is 13.9. The Bertz CT molecular complexity index is 1650. The number of amides is 2. The smallest absolute Gasteiger partial charge is 0.309 e. The van der Waals surface area contributed by atoms with Gasteiger partial charge in [0.1, 0.15) is 12.2 Å². The number of ether oxygens (including phenoxy) is 1. The first-order valence-corrected chi connectivity index (χ1v) is 14.2. The van der Waals surface area contributed by atoms with Crippen LogP contribution in [-0.4, -0.2) is 55.1 Å². The van der Waals surface area contributed by atoms with Gasteiger partial charge in [-0.25, -0.2) is 4.98 Å². The topological polar surface area (TPSA) is 157 Å². The second-order valence-corrected chi connectivity index (χ2v) is 10.9. The SMILES string of the molecule is COC(=O)Cc1ccc2c(c1)NC(=O)C[C@@H](C)CCC[C@H](NC(=O)/C=C/c1cc(Cl)ccc1-n1cnnn1)c1ncc-2[nH]1. The van der Waals surface area contributed by atoms with Crippen LogP contribution >= 0.6 is 11.6 Å². The molecule has 0 saturated heterocycles. The normalized spacial score (nSPS) is 17.2. The van der Waals surface area contributed by atoms with Crippen LogP contribution in [0.1, 0.15) is 55.6 Å². The van der Waals surface area contributed by atoms with Crippen LogP contribution in [0.25, 0.3) is 23.0 Å². The molecule has 2 aromatic heterocycles. The zero-order chi connectivity index (χ0) is 30.3. The van der Waals surface area contributed by atoms with Crippen molar-refractivity contribution in [2.75, 3.05) is 12.4 Å². The molecule has 5 rings (SSSR count). The number of carbonyl (C=O) groups excluding carboxylic acids is 3. The number of fused-ring (bicyclic) bond motifs is 4. The number of anilines is 1. The van der Waals surface area contributed by atoms with Crippen LogP contribution in [0.15, 0.2) is 55.0 Å². The molecule has 43 heavy (non-hydrogen) atoms. The Hall–Kier alpha value is -4.84. The third-order valence-corrected chi connectivity index (χ3v) is 7.42. The molecular weight excluding hydrogens is 572 g/mol. The highest BCUT2D eigenvalue weighted by Gasteiger charge is 2.21. The number of H-pyrrole nitrogens is 1. The molecule has 0 fully saturated rings. The van der Waals surface area contributed by atoms with Crippen LogP contribution in [0.3, 0.4) is 0 Å². The first kappa shape index (κ1) is 29.6. The fourth-order valence-corrected chi connectivity index (χ4v) is 5.20. The Morgan fingerprint density at radius 2 is 2.07 bits per heavy atom. The molecular formula is C30H31ClN8O4. The van der Waals surface area contributed by atoms with E-state index in [2.05, 4.69) is 36.1 Å². The summed E-state index contributed by atoms with van der Waals surface area (Å²) in [6, 6.07) is 10.2. The summed E-state index contributed by atoms with van der Waals surface area (Å²) in [4.78, 5) is 45.9. The maximum atomic E-state index is 13.2. The third kappa shape index (κ3) is 7.52. The van der Waals surface area contributed by atoms with E-state index in [0.717, 1.165) is 12.8 Å². The van der Waals surface area contributed by atoms with Crippen molar-refractivity contribution in [3.05, 3.63) is 77.0 Å². The number of carbonyl (C=O) groups is 3. The number of benzene rings is 2. The molecule has 0 saturated carbocycles. The second-order valence-electron chi connectivity index (χ2n) is 10.5. The molecule has 0 aliphatic carbocycles. The highest BCUT2D eigenvalue weighted by atomic mass is 35.5. The van der Waals surface area contributed by atoms with Crippen LogP contribution < -0.4 is 10.6 Å². The summed E-state index contributed by atoms with van der Waals surface area (Å²) in [5.74, 6) is -0.0788. The van der Waals surface area contributed by atoms with Crippen molar-refractivity contribution in [3.63, 3.8) is 0 Å². The molecule has 1 aliphatic heterocycles. The van der Waals surface area contributed by atoms with Gasteiger partial charge >= 0.3 is 5.97 Å². The van der Waals surface area contributed by atoms with Crippen LogP contribution in [-0.2, 0) is 25.5 Å². The van der Waals surface area contributed by atoms with Gasteiger partial charge in [0, 0.05) is 28.6 Å². The Morgan fingerprint density at radius 3 is 2.86 bits per heavy atom. The summed E-state index contributed by atoms with van der Waals surface area (Å²) in [7, 11) is 1.34. The van der Waals surface area contributed by atoms with Crippen molar-refractivity contribution in [2.24, 2.45) is 5.92 Å². The molecule has 222 valence electrons. The third-order valence-electron chi connectivity index (χ3n) is 7.19. The van der Waals surface area contributed by atoms with Crippen molar-refractivity contribution in [2.45, 2.75) is 45.1 Å². The lowest BCUT2D eigenvalue weighted by molar-refractivity contribution is -0.139. The van der Waals surface area contributed by atoms with E-state index in [1.165, 1.54) is 24.2 Å². The molecule has 2 bridgehead atoms. The van der Waals surface area contributed by atoms with Crippen LogP contribution in [0.5, 0.6) is 0 Å². The zero-order valence-corrected chi connectivity index (χ0v) is 24.5. The summed E-state index contributed by atoms with van der Waals surface area (Å²) < 4.78 is 6.29. The predicted molar refractivity (Wildman–Crippen MR) is 160 cm³/mol. The quantitative estimate of drug-likeness (QED) is 0.216. The van der Waals surface area contributed by atoms with Crippen LogP contribution in [0.2, 0.25) is 5.02 Å². The van der Waals surface area contributed by atoms with E-state index in [1.807, 2.05) is 19.1 Å². The molecule has 2 atom stereocenters. The molecule has 0 unspecified atom stereocenters. The van der Waals surface area contributed by atoms with Crippen molar-refractivity contribution in [3.8, 4) is 16.9 Å². The number of esters is 1. The monoisotopic (exact) mass is 602 g/mol. The lowest BCUT2D eigenvalue weighted by atomic mass is 9.97. The largest absolute Gasteiger partial charge is 0.469 e. The minimum absolute atomic E-state index is 0.0817. The van der Waals surface area contributed by atoms with E-state index in [1.54, 1.807) is 36.5 Å². The Morgan fingerprint density at radius 1 is 1.21 bits per heavy atom. The van der Waals surface area contributed by atoms with Gasteiger partial charge in [-0.15, -0.1) is 5.10 Å². The van der Waals surface area contributed by atoms with E-state index in [4.69, 9.17) is 16.3 Å². The standard InChI is InChI=1S/C30H31ClN8O4/c1-18-4-3-5-23(34-27(40)11-7-20-15-21(31)8-10-26(20)39-17-33-37-38-39)30-32-16-25(36-30)22-9-6-19(14-29(42)43-2)13-24(22)35-28(41)12-18/h6-11,13,15-18,23H,3-5,12,14H2,1-2H3,(H,32,36)(H,34,40)(H,35,41)/b11-7+/t18-,23-/m0/s1. The fraction of sp³-hybridized carbons (Fsp3) is 0.300. The Labute approximate surface area is 252 Å². The van der Waals surface area contributed by atoms with E-state index in [9.17, 15) is 14.4 Å². The Balaban J connectivity index is 1.41. The van der Waals surface area contributed by atoms with Gasteiger partial charge in [0.15, 0.2) is 0 Å².